The van der Waals surface area contributed by atoms with Gasteiger partial charge in [0.2, 0.25) is 5.75 Å². The van der Waals surface area contributed by atoms with E-state index < -0.39 is 17.1 Å². The molecule has 0 saturated carbocycles. The number of ether oxygens (including phenoxy) is 1. The smallest absolute Gasteiger partial charge is 0.293 e. The van der Waals surface area contributed by atoms with Crippen molar-refractivity contribution in [3.05, 3.63) is 92.9 Å². The van der Waals surface area contributed by atoms with Gasteiger partial charge in [0.1, 0.15) is 5.82 Å². The van der Waals surface area contributed by atoms with E-state index in [2.05, 4.69) is 38.8 Å². The molecule has 2 heterocycles. The Labute approximate surface area is 185 Å². The van der Waals surface area contributed by atoms with Crippen molar-refractivity contribution < 1.29 is 14.2 Å². The summed E-state index contributed by atoms with van der Waals surface area (Å²) in [6.07, 6.45) is 2.02. The Morgan fingerprint density at radius 1 is 1.06 bits per heavy atom. The van der Waals surface area contributed by atoms with Crippen molar-refractivity contribution in [3.8, 4) is 17.6 Å². The van der Waals surface area contributed by atoms with Gasteiger partial charge in [-0.25, -0.2) is 9.37 Å². The molecule has 1 saturated heterocycles. The highest BCUT2D eigenvalue weighted by Gasteiger charge is 2.10. The maximum Gasteiger partial charge on any atom is 0.293 e. The van der Waals surface area contributed by atoms with Crippen LogP contribution in [-0.4, -0.2) is 46.3 Å². The third-order valence-electron chi connectivity index (χ3n) is 5.39. The number of nitrogens with zero attached hydrogens (tertiary/aromatic N) is 2. The lowest BCUT2D eigenvalue weighted by Gasteiger charge is -2.26. The minimum absolute atomic E-state index is 0.287. The van der Waals surface area contributed by atoms with Crippen LogP contribution < -0.4 is 5.56 Å². The Morgan fingerprint density at radius 2 is 1.81 bits per heavy atom. The van der Waals surface area contributed by atoms with Gasteiger partial charge in [-0.05, 0) is 48.2 Å². The van der Waals surface area contributed by atoms with E-state index >= 15 is 0 Å². The van der Waals surface area contributed by atoms with Crippen molar-refractivity contribution in [2.75, 3.05) is 26.3 Å². The summed E-state index contributed by atoms with van der Waals surface area (Å²) in [6.45, 7) is 4.33. The fourth-order valence-electron chi connectivity index (χ4n) is 3.54. The highest BCUT2D eigenvalue weighted by atomic mass is 19.1. The number of H-pyrrole nitrogens is 1. The van der Waals surface area contributed by atoms with Gasteiger partial charge in [0.05, 0.1) is 30.8 Å². The van der Waals surface area contributed by atoms with E-state index in [1.165, 1.54) is 18.0 Å². The number of aromatic nitrogens is 2. The molecule has 2 N–H and O–H groups in total. The summed E-state index contributed by atoms with van der Waals surface area (Å²) in [6, 6.07) is 12.9. The van der Waals surface area contributed by atoms with Crippen molar-refractivity contribution in [2.24, 2.45) is 0 Å². The molecule has 4 rings (SSSR count). The van der Waals surface area contributed by atoms with E-state index in [0.29, 0.717) is 18.4 Å². The zero-order chi connectivity index (χ0) is 22.3. The molecule has 0 atom stereocenters. The van der Waals surface area contributed by atoms with E-state index in [1.54, 1.807) is 12.1 Å². The first-order chi connectivity index (χ1) is 15.6. The lowest BCUT2D eigenvalue weighted by Crippen LogP contribution is -2.35. The molecule has 7 heteroatoms. The number of nitrogens with one attached hydrogen (secondary N) is 1. The van der Waals surface area contributed by atoms with E-state index in [0.717, 1.165) is 44.0 Å². The molecule has 6 nitrogen and oxygen atoms in total. The summed E-state index contributed by atoms with van der Waals surface area (Å²) in [4.78, 5) is 20.0. The second-order valence-electron chi connectivity index (χ2n) is 7.68. The van der Waals surface area contributed by atoms with Crippen LogP contribution in [0.3, 0.4) is 0 Å². The van der Waals surface area contributed by atoms with Crippen LogP contribution in [0.2, 0.25) is 0 Å². The van der Waals surface area contributed by atoms with Gasteiger partial charge in [0, 0.05) is 25.2 Å². The quantitative estimate of drug-likeness (QED) is 0.605. The highest BCUT2D eigenvalue weighted by Crippen LogP contribution is 2.15. The van der Waals surface area contributed by atoms with Crippen LogP contribution in [0.1, 0.15) is 27.9 Å². The number of aryl methyl sites for hydroxylation is 2. The average Bonchev–Trinajstić information content (AvgIpc) is 2.81. The van der Waals surface area contributed by atoms with Crippen molar-refractivity contribution in [3.63, 3.8) is 0 Å². The van der Waals surface area contributed by atoms with Crippen molar-refractivity contribution in [2.45, 2.75) is 19.4 Å². The third kappa shape index (κ3) is 5.61. The summed E-state index contributed by atoms with van der Waals surface area (Å²) >= 11 is 0. The highest BCUT2D eigenvalue weighted by molar-refractivity contribution is 5.45. The molecule has 0 radical (unpaired) electrons. The maximum atomic E-state index is 14.5. The molecule has 0 unspecified atom stereocenters. The molecular weight excluding hydrogens is 409 g/mol. The molecule has 0 bridgehead atoms. The number of aromatic hydroxyl groups is 1. The molecule has 0 aliphatic carbocycles. The van der Waals surface area contributed by atoms with E-state index in [4.69, 9.17) is 4.74 Å². The van der Waals surface area contributed by atoms with Gasteiger partial charge in [0.25, 0.3) is 5.56 Å². The summed E-state index contributed by atoms with van der Waals surface area (Å²) in [5.74, 6) is 5.12. The van der Waals surface area contributed by atoms with Crippen LogP contribution in [-0.2, 0) is 24.1 Å². The van der Waals surface area contributed by atoms with Crippen molar-refractivity contribution >= 4 is 0 Å². The molecule has 164 valence electrons. The Hall–Kier alpha value is -3.47. The SMILES string of the molecule is O=c1[nH]cnc(CCc2ccc(C#Cc3ccc(CN4CCOCC4)cc3)c(F)c2)c1O. The van der Waals surface area contributed by atoms with Crippen molar-refractivity contribution in [1.29, 1.82) is 0 Å². The molecule has 2 aromatic carbocycles. The minimum atomic E-state index is -0.582. The molecule has 0 spiro atoms. The molecule has 1 aliphatic rings. The van der Waals surface area contributed by atoms with Gasteiger partial charge in [-0.15, -0.1) is 0 Å². The van der Waals surface area contributed by atoms with Gasteiger partial charge in [0.15, 0.2) is 0 Å². The van der Waals surface area contributed by atoms with Crippen LogP contribution in [0.4, 0.5) is 4.39 Å². The van der Waals surface area contributed by atoms with Gasteiger partial charge in [-0.1, -0.05) is 30.0 Å². The van der Waals surface area contributed by atoms with Crippen LogP contribution >= 0.6 is 0 Å². The second-order valence-corrected chi connectivity index (χ2v) is 7.68. The standard InChI is InChI=1S/C25H24FN3O3/c26-22-15-19(7-10-23-24(30)25(31)28-17-27-23)6-9-21(22)8-5-18-1-3-20(4-2-18)16-29-11-13-32-14-12-29/h1-4,6,9,15,17,30H,7,10-14,16H2,(H,27,28,31). The normalized spacial score (nSPS) is 14.0. The van der Waals surface area contributed by atoms with E-state index in [9.17, 15) is 14.3 Å². The molecule has 1 fully saturated rings. The van der Waals surface area contributed by atoms with E-state index in [-0.39, 0.29) is 5.69 Å². The molecular formula is C25H24FN3O3. The summed E-state index contributed by atoms with van der Waals surface area (Å²) in [7, 11) is 0. The number of rotatable bonds is 5. The molecule has 3 aromatic rings. The van der Waals surface area contributed by atoms with Crippen LogP contribution in [0.15, 0.2) is 53.6 Å². The Bertz CT molecular complexity index is 1190. The zero-order valence-corrected chi connectivity index (χ0v) is 17.6. The first kappa shape index (κ1) is 21.8. The average molecular weight is 433 g/mol. The number of halogens is 1. The Balaban J connectivity index is 1.37. The largest absolute Gasteiger partial charge is 0.502 e. The van der Waals surface area contributed by atoms with Crippen LogP contribution in [0.25, 0.3) is 0 Å². The van der Waals surface area contributed by atoms with Gasteiger partial charge >= 0.3 is 0 Å². The number of hydrogen-bond acceptors (Lipinski definition) is 5. The molecule has 0 amide bonds. The predicted octanol–water partition coefficient (Wildman–Crippen LogP) is 2.63. The maximum absolute atomic E-state index is 14.5. The predicted molar refractivity (Wildman–Crippen MR) is 119 cm³/mol. The van der Waals surface area contributed by atoms with Gasteiger partial charge < -0.3 is 14.8 Å². The van der Waals surface area contributed by atoms with Gasteiger partial charge in [-0.3, -0.25) is 9.69 Å². The summed E-state index contributed by atoms with van der Waals surface area (Å²) in [5.41, 5.74) is 2.81. The summed E-state index contributed by atoms with van der Waals surface area (Å²) < 4.78 is 19.9. The first-order valence-electron chi connectivity index (χ1n) is 10.5. The lowest BCUT2D eigenvalue weighted by molar-refractivity contribution is 0.0342. The second kappa shape index (κ2) is 10.2. The molecule has 1 aromatic heterocycles. The van der Waals surface area contributed by atoms with E-state index in [1.807, 2.05) is 12.1 Å². The number of hydrogen-bond donors (Lipinski definition) is 2. The fraction of sp³-hybridized carbons (Fsp3) is 0.280. The number of morpholine rings is 1. The van der Waals surface area contributed by atoms with Gasteiger partial charge in [-0.2, -0.15) is 0 Å². The fourth-order valence-corrected chi connectivity index (χ4v) is 3.54. The first-order valence-corrected chi connectivity index (χ1v) is 10.5. The van der Waals surface area contributed by atoms with Crippen LogP contribution in [0.5, 0.6) is 5.75 Å². The topological polar surface area (TPSA) is 78.5 Å². The summed E-state index contributed by atoms with van der Waals surface area (Å²) in [5, 5.41) is 9.75. The zero-order valence-electron chi connectivity index (χ0n) is 17.6. The molecule has 1 aliphatic heterocycles. The van der Waals surface area contributed by atoms with Crippen molar-refractivity contribution in [1.82, 2.24) is 14.9 Å². The minimum Gasteiger partial charge on any atom is -0.502 e. The number of aromatic amines is 1. The monoisotopic (exact) mass is 433 g/mol. The Kier molecular flexibility index (Phi) is 6.95. The Morgan fingerprint density at radius 3 is 2.56 bits per heavy atom. The lowest BCUT2D eigenvalue weighted by atomic mass is 10.0. The number of benzene rings is 2. The third-order valence-corrected chi connectivity index (χ3v) is 5.39. The van der Waals surface area contributed by atoms with Crippen LogP contribution in [0, 0.1) is 17.7 Å². The molecule has 32 heavy (non-hydrogen) atoms.